The number of aromatic nitrogens is 3. The van der Waals surface area contributed by atoms with Crippen LogP contribution in [-0.2, 0) is 9.59 Å². The number of benzene rings is 3. The molecule has 0 spiro atoms. The average Bonchev–Trinajstić information content (AvgIpc) is 3.02. The summed E-state index contributed by atoms with van der Waals surface area (Å²) in [5.41, 5.74) is 5.68. The van der Waals surface area contributed by atoms with E-state index < -0.39 is 5.97 Å². The number of rotatable bonds is 9. The van der Waals surface area contributed by atoms with Gasteiger partial charge in [-0.15, -0.1) is 0 Å². The zero-order valence-corrected chi connectivity index (χ0v) is 22.8. The predicted molar refractivity (Wildman–Crippen MR) is 165 cm³/mol. The number of pyridine rings is 1. The quantitative estimate of drug-likeness (QED) is 0.117. The number of ether oxygens (including phenoxy) is 1. The summed E-state index contributed by atoms with van der Waals surface area (Å²) in [6, 6.07) is 27.6. The van der Waals surface area contributed by atoms with E-state index in [-0.39, 0.29) is 5.91 Å². The molecule has 3 aromatic carbocycles. The van der Waals surface area contributed by atoms with Crippen LogP contribution in [0.4, 0.5) is 17.3 Å². The van der Waals surface area contributed by atoms with Crippen LogP contribution in [0.15, 0.2) is 122 Å². The highest BCUT2D eigenvalue weighted by atomic mass is 16.5. The first-order valence-electron chi connectivity index (χ1n) is 13.2. The number of hydrogen-bond acceptors (Lipinski definition) is 7. The van der Waals surface area contributed by atoms with Crippen molar-refractivity contribution >= 4 is 41.4 Å². The van der Waals surface area contributed by atoms with E-state index in [1.807, 2.05) is 73.7 Å². The number of hydrogen-bond donors (Lipinski definition) is 2. The van der Waals surface area contributed by atoms with Crippen LogP contribution in [-0.4, -0.2) is 26.8 Å². The van der Waals surface area contributed by atoms with Crippen LogP contribution < -0.4 is 15.4 Å². The van der Waals surface area contributed by atoms with Gasteiger partial charge in [0.25, 0.3) is 0 Å². The van der Waals surface area contributed by atoms with Gasteiger partial charge in [0.05, 0.1) is 5.69 Å². The second-order valence-electron chi connectivity index (χ2n) is 9.22. The molecule has 2 aromatic heterocycles. The molecule has 8 nitrogen and oxygen atoms in total. The fourth-order valence-electron chi connectivity index (χ4n) is 3.93. The normalized spacial score (nSPS) is 11.0. The fourth-order valence-corrected chi connectivity index (χ4v) is 3.93. The molecule has 8 heteroatoms. The third kappa shape index (κ3) is 7.83. The number of esters is 1. The van der Waals surface area contributed by atoms with E-state index in [0.717, 1.165) is 33.6 Å². The molecule has 0 bridgehead atoms. The Bertz CT molecular complexity index is 1740. The zero-order valence-electron chi connectivity index (χ0n) is 22.8. The monoisotopic (exact) mass is 553 g/mol. The molecule has 0 unspecified atom stereocenters. The third-order valence-electron chi connectivity index (χ3n) is 6.10. The number of carbonyl (C=O) groups is 2. The first-order valence-corrected chi connectivity index (χ1v) is 13.2. The summed E-state index contributed by atoms with van der Waals surface area (Å²) in [7, 11) is 0. The van der Waals surface area contributed by atoms with Crippen molar-refractivity contribution < 1.29 is 14.3 Å². The summed E-state index contributed by atoms with van der Waals surface area (Å²) >= 11 is 0. The van der Waals surface area contributed by atoms with Gasteiger partial charge in [0.2, 0.25) is 11.9 Å². The van der Waals surface area contributed by atoms with E-state index in [9.17, 15) is 9.59 Å². The Kier molecular flexibility index (Phi) is 8.86. The molecule has 42 heavy (non-hydrogen) atoms. The lowest BCUT2D eigenvalue weighted by molar-refractivity contribution is -0.128. The van der Waals surface area contributed by atoms with Gasteiger partial charge in [0, 0.05) is 47.7 Å². The van der Waals surface area contributed by atoms with E-state index in [0.29, 0.717) is 17.4 Å². The second-order valence-corrected chi connectivity index (χ2v) is 9.22. The van der Waals surface area contributed by atoms with Crippen LogP contribution in [0, 0.1) is 6.92 Å². The van der Waals surface area contributed by atoms with E-state index in [1.165, 1.54) is 12.2 Å². The molecule has 0 aliphatic heterocycles. The van der Waals surface area contributed by atoms with Gasteiger partial charge in [0.15, 0.2) is 0 Å². The molecular weight excluding hydrogens is 526 g/mol. The number of nitrogens with zero attached hydrogens (tertiary/aromatic N) is 3. The Morgan fingerprint density at radius 3 is 2.38 bits per heavy atom. The summed E-state index contributed by atoms with van der Waals surface area (Å²) in [6.07, 6.45) is 11.3. The molecule has 0 fully saturated rings. The Hall–Kier alpha value is -5.89. The van der Waals surface area contributed by atoms with E-state index >= 15 is 0 Å². The molecule has 5 rings (SSSR count). The van der Waals surface area contributed by atoms with Crippen LogP contribution in [0.2, 0.25) is 0 Å². The number of nitrogens with one attached hydrogen (secondary N) is 2. The number of anilines is 3. The van der Waals surface area contributed by atoms with E-state index in [4.69, 9.17) is 4.74 Å². The summed E-state index contributed by atoms with van der Waals surface area (Å²) in [5, 5.41) is 6.11. The SMILES string of the molecule is Cc1ccc(NC(=O)/C=C/c2ccc(OC(=O)/C=C/c3ccccc3)cc2)cc1Nc1nccc(-c2cccnc2)n1. The van der Waals surface area contributed by atoms with Crippen LogP contribution >= 0.6 is 0 Å². The Balaban J connectivity index is 1.17. The summed E-state index contributed by atoms with van der Waals surface area (Å²) in [5.74, 6) is 0.0838. The molecule has 2 N–H and O–H groups in total. The lowest BCUT2D eigenvalue weighted by Crippen LogP contribution is -2.08. The molecule has 1 amide bonds. The maximum Gasteiger partial charge on any atom is 0.336 e. The minimum Gasteiger partial charge on any atom is -0.423 e. The van der Waals surface area contributed by atoms with Crippen molar-refractivity contribution in [2.75, 3.05) is 10.6 Å². The molecule has 0 aliphatic rings. The first kappa shape index (κ1) is 27.7. The van der Waals surface area contributed by atoms with Crippen molar-refractivity contribution in [1.29, 1.82) is 0 Å². The lowest BCUT2D eigenvalue weighted by atomic mass is 10.1. The highest BCUT2D eigenvalue weighted by Crippen LogP contribution is 2.24. The largest absolute Gasteiger partial charge is 0.423 e. The standard InChI is InChI=1S/C34H27N5O3/c1-24-9-14-28(22-31(24)39-34-36-21-19-30(38-34)27-8-5-20-35-23-27)37-32(40)17-12-26-10-15-29(16-11-26)42-33(41)18-13-25-6-3-2-4-7-25/h2-23H,1H3,(H,37,40)(H,36,38,39)/b17-12+,18-13+. The van der Waals surface area contributed by atoms with E-state index in [1.54, 1.807) is 55.0 Å². The first-order chi connectivity index (χ1) is 20.5. The van der Waals surface area contributed by atoms with Gasteiger partial charge in [-0.2, -0.15) is 0 Å². The van der Waals surface area contributed by atoms with Gasteiger partial charge in [-0.25, -0.2) is 14.8 Å². The maximum absolute atomic E-state index is 12.6. The van der Waals surface area contributed by atoms with Crippen LogP contribution in [0.1, 0.15) is 16.7 Å². The van der Waals surface area contributed by atoms with Gasteiger partial charge in [0.1, 0.15) is 5.75 Å². The molecule has 206 valence electrons. The Morgan fingerprint density at radius 2 is 1.60 bits per heavy atom. The number of amides is 1. The van der Waals surface area contributed by atoms with Crippen molar-refractivity contribution in [2.24, 2.45) is 0 Å². The summed E-state index contributed by atoms with van der Waals surface area (Å²) in [6.45, 7) is 1.96. The number of carbonyl (C=O) groups excluding carboxylic acids is 2. The van der Waals surface area contributed by atoms with Gasteiger partial charge in [-0.3, -0.25) is 9.78 Å². The third-order valence-corrected chi connectivity index (χ3v) is 6.10. The van der Waals surface area contributed by atoms with Crippen molar-refractivity contribution in [3.8, 4) is 17.0 Å². The Labute approximate surface area is 243 Å². The van der Waals surface area contributed by atoms with Gasteiger partial charge < -0.3 is 15.4 Å². The lowest BCUT2D eigenvalue weighted by Gasteiger charge is -2.11. The van der Waals surface area contributed by atoms with Gasteiger partial charge in [-0.1, -0.05) is 48.5 Å². The van der Waals surface area contributed by atoms with Gasteiger partial charge in [-0.05, 0) is 78.2 Å². The highest BCUT2D eigenvalue weighted by molar-refractivity contribution is 6.02. The van der Waals surface area contributed by atoms with Crippen molar-refractivity contribution in [3.05, 3.63) is 138 Å². The molecule has 0 radical (unpaired) electrons. The minimum absolute atomic E-state index is 0.291. The molecular formula is C34H27N5O3. The Morgan fingerprint density at radius 1 is 0.810 bits per heavy atom. The zero-order chi connectivity index (χ0) is 29.1. The molecule has 0 saturated heterocycles. The molecule has 2 heterocycles. The molecule has 0 aliphatic carbocycles. The second kappa shape index (κ2) is 13.5. The van der Waals surface area contributed by atoms with Crippen molar-refractivity contribution in [3.63, 3.8) is 0 Å². The van der Waals surface area contributed by atoms with Crippen LogP contribution in [0.3, 0.4) is 0 Å². The van der Waals surface area contributed by atoms with Crippen molar-refractivity contribution in [2.45, 2.75) is 6.92 Å². The smallest absolute Gasteiger partial charge is 0.336 e. The molecule has 0 saturated carbocycles. The summed E-state index contributed by atoms with van der Waals surface area (Å²) < 4.78 is 5.34. The van der Waals surface area contributed by atoms with E-state index in [2.05, 4.69) is 25.6 Å². The fraction of sp³-hybridized carbons (Fsp3) is 0.0294. The van der Waals surface area contributed by atoms with Crippen LogP contribution in [0.5, 0.6) is 5.75 Å². The topological polar surface area (TPSA) is 106 Å². The molecule has 0 atom stereocenters. The average molecular weight is 554 g/mol. The maximum atomic E-state index is 12.6. The van der Waals surface area contributed by atoms with Crippen molar-refractivity contribution in [1.82, 2.24) is 15.0 Å². The summed E-state index contributed by atoms with van der Waals surface area (Å²) in [4.78, 5) is 37.8. The van der Waals surface area contributed by atoms with Gasteiger partial charge >= 0.3 is 5.97 Å². The molecule has 5 aromatic rings. The minimum atomic E-state index is -0.471. The number of aryl methyl sites for hydroxylation is 1. The predicted octanol–water partition coefficient (Wildman–Crippen LogP) is 6.86. The van der Waals surface area contributed by atoms with Crippen LogP contribution in [0.25, 0.3) is 23.4 Å². The highest BCUT2D eigenvalue weighted by Gasteiger charge is 2.07.